The molecule has 0 spiro atoms. The fourth-order valence-corrected chi connectivity index (χ4v) is 1.46. The van der Waals surface area contributed by atoms with Crippen LogP contribution in [-0.2, 0) is 6.42 Å². The van der Waals surface area contributed by atoms with Crippen molar-refractivity contribution in [3.05, 3.63) is 30.4 Å². The first-order valence-corrected chi connectivity index (χ1v) is 4.76. The van der Waals surface area contributed by atoms with E-state index >= 15 is 0 Å². The molecule has 0 bridgehead atoms. The summed E-state index contributed by atoms with van der Waals surface area (Å²) in [4.78, 5) is 8.39. The van der Waals surface area contributed by atoms with Crippen LogP contribution in [0, 0.1) is 0 Å². The second-order valence-corrected chi connectivity index (χ2v) is 3.23. The molecule has 2 aromatic rings. The van der Waals surface area contributed by atoms with Crippen molar-refractivity contribution in [1.29, 1.82) is 0 Å². The summed E-state index contributed by atoms with van der Waals surface area (Å²) in [5.74, 6) is 7.00. The third-order valence-electron chi connectivity index (χ3n) is 2.27. The number of rotatable bonds is 2. The van der Waals surface area contributed by atoms with Crippen LogP contribution in [0.3, 0.4) is 0 Å². The minimum atomic E-state index is 0.472. The van der Waals surface area contributed by atoms with Crippen molar-refractivity contribution in [2.75, 3.05) is 11.6 Å². The lowest BCUT2D eigenvalue weighted by Crippen LogP contribution is -2.14. The summed E-state index contributed by atoms with van der Waals surface area (Å²) in [6.45, 7) is 1.98. The monoisotopic (exact) mass is 203 g/mol. The highest BCUT2D eigenvalue weighted by molar-refractivity contribution is 5.70. The third-order valence-corrected chi connectivity index (χ3v) is 2.27. The third kappa shape index (κ3) is 1.52. The van der Waals surface area contributed by atoms with E-state index in [-0.39, 0.29) is 0 Å². The van der Waals surface area contributed by atoms with E-state index in [1.54, 1.807) is 12.4 Å². The average molecular weight is 203 g/mol. The van der Waals surface area contributed by atoms with Gasteiger partial charge in [0.2, 0.25) is 0 Å². The maximum Gasteiger partial charge on any atom is 0.150 e. The highest BCUT2D eigenvalue weighted by Gasteiger charge is 2.12. The van der Waals surface area contributed by atoms with E-state index in [1.165, 1.54) is 4.68 Å². The zero-order chi connectivity index (χ0) is 10.8. The van der Waals surface area contributed by atoms with E-state index in [1.807, 2.05) is 19.1 Å². The van der Waals surface area contributed by atoms with Gasteiger partial charge in [0.1, 0.15) is 11.5 Å². The van der Waals surface area contributed by atoms with Crippen LogP contribution < -0.4 is 11.6 Å². The molecule has 0 fully saturated rings. The summed E-state index contributed by atoms with van der Waals surface area (Å²) < 4.78 is 1.42. The second-order valence-electron chi connectivity index (χ2n) is 3.23. The van der Waals surface area contributed by atoms with Crippen LogP contribution in [0.15, 0.2) is 24.5 Å². The molecule has 0 saturated heterocycles. The molecule has 2 aromatic heterocycles. The van der Waals surface area contributed by atoms with Gasteiger partial charge in [-0.25, -0.2) is 9.66 Å². The van der Waals surface area contributed by atoms with Crippen LogP contribution in [0.1, 0.15) is 12.7 Å². The van der Waals surface area contributed by atoms with Crippen molar-refractivity contribution in [3.63, 3.8) is 0 Å². The number of nitrogen functional groups attached to an aromatic ring is 2. The van der Waals surface area contributed by atoms with Crippen LogP contribution in [0.2, 0.25) is 0 Å². The van der Waals surface area contributed by atoms with Crippen molar-refractivity contribution in [2.45, 2.75) is 13.3 Å². The van der Waals surface area contributed by atoms with Crippen LogP contribution in [-0.4, -0.2) is 14.6 Å². The smallest absolute Gasteiger partial charge is 0.150 e. The standard InChI is InChI=1S/C10H13N5/c1-2-8-14-9(10(11)15(8)12)7-4-3-5-13-6-7/h3-6H,2,11-12H2,1H3. The van der Waals surface area contributed by atoms with Crippen LogP contribution in [0.5, 0.6) is 0 Å². The van der Waals surface area contributed by atoms with Gasteiger partial charge in [0, 0.05) is 24.4 Å². The van der Waals surface area contributed by atoms with Gasteiger partial charge in [-0.2, -0.15) is 0 Å². The SMILES string of the molecule is CCc1nc(-c2cccnc2)c(N)n1N. The molecule has 15 heavy (non-hydrogen) atoms. The molecule has 5 heteroatoms. The molecular weight excluding hydrogens is 190 g/mol. The molecule has 78 valence electrons. The number of pyridine rings is 1. The molecular formula is C10H13N5. The average Bonchev–Trinajstić information content (AvgIpc) is 2.57. The Morgan fingerprint density at radius 2 is 2.27 bits per heavy atom. The lowest BCUT2D eigenvalue weighted by molar-refractivity contribution is 0.865. The van der Waals surface area contributed by atoms with Gasteiger partial charge >= 0.3 is 0 Å². The fourth-order valence-electron chi connectivity index (χ4n) is 1.46. The molecule has 0 unspecified atom stereocenters. The Balaban J connectivity index is 2.55. The number of nitrogens with zero attached hydrogens (tertiary/aromatic N) is 3. The summed E-state index contributed by atoms with van der Waals surface area (Å²) in [5.41, 5.74) is 7.44. The lowest BCUT2D eigenvalue weighted by Gasteiger charge is -1.99. The van der Waals surface area contributed by atoms with Crippen LogP contribution >= 0.6 is 0 Å². The zero-order valence-electron chi connectivity index (χ0n) is 8.51. The molecule has 0 atom stereocenters. The molecule has 0 aliphatic carbocycles. The Kier molecular flexibility index (Phi) is 2.29. The number of aromatic nitrogens is 3. The van der Waals surface area contributed by atoms with Crippen LogP contribution in [0.4, 0.5) is 5.82 Å². The molecule has 0 radical (unpaired) electrons. The maximum atomic E-state index is 5.86. The molecule has 0 aromatic carbocycles. The Labute approximate surface area is 87.7 Å². The topological polar surface area (TPSA) is 82.8 Å². The highest BCUT2D eigenvalue weighted by atomic mass is 15.4. The maximum absolute atomic E-state index is 5.86. The molecule has 0 amide bonds. The van der Waals surface area contributed by atoms with E-state index in [4.69, 9.17) is 11.6 Å². The summed E-state index contributed by atoms with van der Waals surface area (Å²) in [6.07, 6.45) is 4.18. The summed E-state index contributed by atoms with van der Waals surface area (Å²) in [6, 6.07) is 3.75. The Bertz CT molecular complexity index is 460. The van der Waals surface area contributed by atoms with Crippen LogP contribution in [0.25, 0.3) is 11.3 Å². The quantitative estimate of drug-likeness (QED) is 0.707. The normalized spacial score (nSPS) is 10.5. The number of anilines is 1. The van der Waals surface area contributed by atoms with Gasteiger partial charge in [0.25, 0.3) is 0 Å². The molecule has 0 aliphatic heterocycles. The fraction of sp³-hybridized carbons (Fsp3) is 0.200. The first kappa shape index (κ1) is 9.51. The number of aryl methyl sites for hydroxylation is 1. The van der Waals surface area contributed by atoms with E-state index in [0.717, 1.165) is 17.8 Å². The van der Waals surface area contributed by atoms with Crippen molar-refractivity contribution >= 4 is 5.82 Å². The predicted molar refractivity (Wildman–Crippen MR) is 59.4 cm³/mol. The lowest BCUT2D eigenvalue weighted by atomic mass is 10.2. The van der Waals surface area contributed by atoms with E-state index < -0.39 is 0 Å². The van der Waals surface area contributed by atoms with Gasteiger partial charge in [-0.3, -0.25) is 4.98 Å². The Morgan fingerprint density at radius 3 is 2.80 bits per heavy atom. The van der Waals surface area contributed by atoms with Crippen molar-refractivity contribution in [3.8, 4) is 11.3 Å². The summed E-state index contributed by atoms with van der Waals surface area (Å²) in [5, 5.41) is 0. The molecule has 2 rings (SSSR count). The molecule has 4 N–H and O–H groups in total. The van der Waals surface area contributed by atoms with Gasteiger partial charge in [0.05, 0.1) is 0 Å². The van der Waals surface area contributed by atoms with Gasteiger partial charge in [-0.05, 0) is 12.1 Å². The molecule has 2 heterocycles. The molecule has 0 aliphatic rings. The van der Waals surface area contributed by atoms with Crippen molar-refractivity contribution in [2.24, 2.45) is 0 Å². The number of imidazole rings is 1. The number of nitrogens with two attached hydrogens (primary N) is 2. The zero-order valence-corrected chi connectivity index (χ0v) is 8.51. The number of hydrogen-bond acceptors (Lipinski definition) is 4. The van der Waals surface area contributed by atoms with Gasteiger partial charge in [-0.15, -0.1) is 0 Å². The van der Waals surface area contributed by atoms with Gasteiger partial charge < -0.3 is 11.6 Å². The Hall–Kier alpha value is -2.04. The summed E-state index contributed by atoms with van der Waals surface area (Å²) >= 11 is 0. The van der Waals surface area contributed by atoms with E-state index in [0.29, 0.717) is 11.5 Å². The number of hydrogen-bond donors (Lipinski definition) is 2. The highest BCUT2D eigenvalue weighted by Crippen LogP contribution is 2.23. The minimum Gasteiger partial charge on any atom is -0.382 e. The van der Waals surface area contributed by atoms with E-state index in [2.05, 4.69) is 9.97 Å². The molecule has 0 saturated carbocycles. The van der Waals surface area contributed by atoms with Gasteiger partial charge in [0.15, 0.2) is 5.82 Å². The first-order chi connectivity index (χ1) is 7.24. The van der Waals surface area contributed by atoms with Crippen molar-refractivity contribution in [1.82, 2.24) is 14.6 Å². The van der Waals surface area contributed by atoms with Crippen molar-refractivity contribution < 1.29 is 0 Å². The molecule has 5 nitrogen and oxygen atoms in total. The second kappa shape index (κ2) is 3.61. The van der Waals surface area contributed by atoms with Gasteiger partial charge in [-0.1, -0.05) is 6.92 Å². The first-order valence-electron chi connectivity index (χ1n) is 4.76. The summed E-state index contributed by atoms with van der Waals surface area (Å²) in [7, 11) is 0. The predicted octanol–water partition coefficient (Wildman–Crippen LogP) is 0.804. The van der Waals surface area contributed by atoms with E-state index in [9.17, 15) is 0 Å². The Morgan fingerprint density at radius 1 is 1.47 bits per heavy atom. The largest absolute Gasteiger partial charge is 0.382 e. The minimum absolute atomic E-state index is 0.472.